The molecule has 0 aromatic heterocycles. The molecule has 0 spiro atoms. The van der Waals surface area contributed by atoms with Gasteiger partial charge >= 0.3 is 0 Å². The number of benzene rings is 1. The number of ether oxygens (including phenoxy) is 1. The van der Waals surface area contributed by atoms with Crippen molar-refractivity contribution in [2.75, 3.05) is 0 Å². The van der Waals surface area contributed by atoms with Crippen molar-refractivity contribution in [2.24, 2.45) is 5.73 Å². The lowest BCUT2D eigenvalue weighted by molar-refractivity contribution is 0.0883. The molecule has 7 heteroatoms. The molecule has 94 valence electrons. The average Bonchev–Trinajstić information content (AvgIpc) is 2.27. The Morgan fingerprint density at radius 3 is 1.65 bits per heavy atom. The highest BCUT2D eigenvalue weighted by Crippen LogP contribution is 2.32. The molecule has 17 heavy (non-hydrogen) atoms. The second-order valence-corrected chi connectivity index (χ2v) is 3.87. The van der Waals surface area contributed by atoms with Gasteiger partial charge in [-0.15, -0.1) is 0 Å². The van der Waals surface area contributed by atoms with E-state index in [0.717, 1.165) is 0 Å². The van der Waals surface area contributed by atoms with E-state index >= 15 is 0 Å². The van der Waals surface area contributed by atoms with Gasteiger partial charge in [-0.25, -0.2) is 13.2 Å². The topological polar surface area (TPSA) is 35.2 Å². The summed E-state index contributed by atoms with van der Waals surface area (Å²) in [5, 5.41) is 0. The number of halogens is 5. The third-order valence-electron chi connectivity index (χ3n) is 2.59. The summed E-state index contributed by atoms with van der Waals surface area (Å²) in [4.78, 5) is 0. The van der Waals surface area contributed by atoms with E-state index in [2.05, 4.69) is 0 Å². The summed E-state index contributed by atoms with van der Waals surface area (Å²) in [6.45, 7) is 0. The SMILES string of the molecule is NC1CC(Oc2c(F)c(F)c(F)c(F)c2F)C1. The van der Waals surface area contributed by atoms with E-state index < -0.39 is 40.9 Å². The minimum absolute atomic E-state index is 0.165. The van der Waals surface area contributed by atoms with Crippen LogP contribution in [0.15, 0.2) is 0 Å². The molecule has 0 unspecified atom stereocenters. The lowest BCUT2D eigenvalue weighted by Crippen LogP contribution is -2.43. The molecule has 0 amide bonds. The highest BCUT2D eigenvalue weighted by Gasteiger charge is 2.33. The molecule has 2 nitrogen and oxygen atoms in total. The molecule has 2 N–H and O–H groups in total. The predicted molar refractivity (Wildman–Crippen MR) is 47.9 cm³/mol. The Bertz CT molecular complexity index is 429. The minimum atomic E-state index is -2.20. The largest absolute Gasteiger partial charge is 0.484 e. The summed E-state index contributed by atoms with van der Waals surface area (Å²) < 4.78 is 69.3. The second kappa shape index (κ2) is 4.14. The molecule has 0 saturated heterocycles. The van der Waals surface area contributed by atoms with Gasteiger partial charge in [-0.2, -0.15) is 8.78 Å². The molecule has 1 aromatic carbocycles. The summed E-state index contributed by atoms with van der Waals surface area (Å²) in [5.41, 5.74) is 5.41. The number of rotatable bonds is 2. The monoisotopic (exact) mass is 253 g/mol. The summed E-state index contributed by atoms with van der Waals surface area (Å²) in [7, 11) is 0. The number of nitrogens with two attached hydrogens (primary N) is 1. The predicted octanol–water partition coefficient (Wildman–Crippen LogP) is 2.25. The Labute approximate surface area is 93.2 Å². The van der Waals surface area contributed by atoms with E-state index in [1.165, 1.54) is 0 Å². The third kappa shape index (κ3) is 1.95. The van der Waals surface area contributed by atoms with Crippen LogP contribution in [0.4, 0.5) is 22.0 Å². The molecule has 1 aromatic rings. The smallest absolute Gasteiger partial charge is 0.207 e. The van der Waals surface area contributed by atoms with Crippen LogP contribution in [0.2, 0.25) is 0 Å². The highest BCUT2D eigenvalue weighted by molar-refractivity contribution is 5.30. The first kappa shape index (κ1) is 12.1. The molecule has 0 heterocycles. The van der Waals surface area contributed by atoms with Gasteiger partial charge in [0.1, 0.15) is 6.10 Å². The maximum absolute atomic E-state index is 13.1. The normalized spacial score (nSPS) is 23.4. The molecule has 0 atom stereocenters. The average molecular weight is 253 g/mol. The molecular weight excluding hydrogens is 245 g/mol. The Morgan fingerprint density at radius 1 is 0.824 bits per heavy atom. The summed E-state index contributed by atoms with van der Waals surface area (Å²) >= 11 is 0. The van der Waals surface area contributed by atoms with Crippen LogP contribution in [-0.4, -0.2) is 12.1 Å². The maximum Gasteiger partial charge on any atom is 0.207 e. The molecule has 0 aliphatic heterocycles. The van der Waals surface area contributed by atoms with Crippen molar-refractivity contribution < 1.29 is 26.7 Å². The summed E-state index contributed by atoms with van der Waals surface area (Å²) in [5.74, 6) is -11.4. The number of hydrogen-bond donors (Lipinski definition) is 1. The zero-order valence-corrected chi connectivity index (χ0v) is 8.44. The fourth-order valence-corrected chi connectivity index (χ4v) is 1.56. The van der Waals surface area contributed by atoms with E-state index in [0.29, 0.717) is 12.8 Å². The Hall–Kier alpha value is -1.37. The zero-order valence-electron chi connectivity index (χ0n) is 8.44. The van der Waals surface area contributed by atoms with Crippen molar-refractivity contribution in [1.29, 1.82) is 0 Å². The summed E-state index contributed by atoms with van der Waals surface area (Å²) in [6, 6.07) is -0.165. The molecular formula is C10H8F5NO. The van der Waals surface area contributed by atoms with Crippen LogP contribution in [0.25, 0.3) is 0 Å². The fourth-order valence-electron chi connectivity index (χ4n) is 1.56. The summed E-state index contributed by atoms with van der Waals surface area (Å²) in [6.07, 6.45) is 0.0252. The Kier molecular flexibility index (Phi) is 2.94. The van der Waals surface area contributed by atoms with Crippen LogP contribution < -0.4 is 10.5 Å². The van der Waals surface area contributed by atoms with Gasteiger partial charge in [0, 0.05) is 6.04 Å². The number of hydrogen-bond acceptors (Lipinski definition) is 2. The first-order chi connectivity index (χ1) is 7.91. The van der Waals surface area contributed by atoms with Gasteiger partial charge < -0.3 is 10.5 Å². The van der Waals surface area contributed by atoms with Gasteiger partial charge in [0.2, 0.25) is 29.1 Å². The van der Waals surface area contributed by atoms with Crippen LogP contribution in [0.1, 0.15) is 12.8 Å². The van der Waals surface area contributed by atoms with Crippen molar-refractivity contribution in [3.05, 3.63) is 29.1 Å². The lowest BCUT2D eigenvalue weighted by Gasteiger charge is -2.32. The van der Waals surface area contributed by atoms with E-state index in [1.54, 1.807) is 0 Å². The van der Waals surface area contributed by atoms with Gasteiger partial charge in [-0.1, -0.05) is 0 Å². The third-order valence-corrected chi connectivity index (χ3v) is 2.59. The first-order valence-corrected chi connectivity index (χ1v) is 4.85. The highest BCUT2D eigenvalue weighted by atomic mass is 19.2. The lowest BCUT2D eigenvalue weighted by atomic mass is 9.90. The van der Waals surface area contributed by atoms with Crippen molar-refractivity contribution in [3.8, 4) is 5.75 Å². The zero-order chi connectivity index (χ0) is 12.7. The van der Waals surface area contributed by atoms with Crippen LogP contribution in [0, 0.1) is 29.1 Å². The maximum atomic E-state index is 13.1. The van der Waals surface area contributed by atoms with Gasteiger partial charge in [0.05, 0.1) is 0 Å². The Balaban J connectivity index is 2.33. The van der Waals surface area contributed by atoms with E-state index in [9.17, 15) is 22.0 Å². The van der Waals surface area contributed by atoms with Crippen molar-refractivity contribution in [1.82, 2.24) is 0 Å². The van der Waals surface area contributed by atoms with Crippen molar-refractivity contribution in [3.63, 3.8) is 0 Å². The minimum Gasteiger partial charge on any atom is -0.484 e. The van der Waals surface area contributed by atoms with Crippen molar-refractivity contribution >= 4 is 0 Å². The molecule has 1 aliphatic rings. The molecule has 1 fully saturated rings. The molecule has 1 saturated carbocycles. The van der Waals surface area contributed by atoms with Crippen LogP contribution in [0.3, 0.4) is 0 Å². The van der Waals surface area contributed by atoms with Crippen LogP contribution in [-0.2, 0) is 0 Å². The molecule has 0 radical (unpaired) electrons. The molecule has 1 aliphatic carbocycles. The van der Waals surface area contributed by atoms with Gasteiger partial charge in [0.25, 0.3) is 0 Å². The van der Waals surface area contributed by atoms with Gasteiger partial charge in [-0.05, 0) is 12.8 Å². The second-order valence-electron chi connectivity index (χ2n) is 3.87. The molecule has 2 rings (SSSR count). The van der Waals surface area contributed by atoms with E-state index in [4.69, 9.17) is 10.5 Å². The first-order valence-electron chi connectivity index (χ1n) is 4.85. The van der Waals surface area contributed by atoms with Crippen LogP contribution >= 0.6 is 0 Å². The van der Waals surface area contributed by atoms with Gasteiger partial charge in [-0.3, -0.25) is 0 Å². The standard InChI is InChI=1S/C10H8F5NO/c11-5-6(12)8(14)10(9(15)7(5)13)17-4-1-3(16)2-4/h3-4H,1-2,16H2. The van der Waals surface area contributed by atoms with Gasteiger partial charge in [0.15, 0.2) is 5.75 Å². The van der Waals surface area contributed by atoms with Crippen molar-refractivity contribution in [2.45, 2.75) is 25.0 Å². The van der Waals surface area contributed by atoms with E-state index in [1.807, 2.05) is 0 Å². The Morgan fingerprint density at radius 2 is 1.24 bits per heavy atom. The quantitative estimate of drug-likeness (QED) is 0.498. The molecule has 0 bridgehead atoms. The van der Waals surface area contributed by atoms with E-state index in [-0.39, 0.29) is 6.04 Å². The fraction of sp³-hybridized carbons (Fsp3) is 0.400. The van der Waals surface area contributed by atoms with Crippen LogP contribution in [0.5, 0.6) is 5.75 Å².